The van der Waals surface area contributed by atoms with Crippen molar-refractivity contribution in [1.29, 1.82) is 5.39 Å². The first-order chi connectivity index (χ1) is 6.31. The number of hydrogen-bond acceptors (Lipinski definition) is 2. The van der Waals surface area contributed by atoms with Crippen molar-refractivity contribution in [2.24, 2.45) is 0 Å². The molecule has 0 aromatic heterocycles. The molecule has 0 aliphatic heterocycles. The van der Waals surface area contributed by atoms with Crippen LogP contribution in [0.5, 0.6) is 5.75 Å². The maximum atomic E-state index is 11.1. The van der Waals surface area contributed by atoms with Crippen molar-refractivity contribution in [3.63, 3.8) is 0 Å². The summed E-state index contributed by atoms with van der Waals surface area (Å²) in [5.74, 6) is -0.0916. The second-order valence-corrected chi connectivity index (χ2v) is 2.76. The minimum Gasteiger partial charge on any atom is -0.872 e. The molecule has 0 saturated heterocycles. The van der Waals surface area contributed by atoms with Gasteiger partial charge in [0.2, 0.25) is 5.39 Å². The fraction of sp³-hybridized carbons (Fsp3) is 0. The summed E-state index contributed by atoms with van der Waals surface area (Å²) in [4.78, 5) is 3.09. The van der Waals surface area contributed by atoms with E-state index in [9.17, 15) is 5.11 Å². The molecule has 0 fully saturated rings. The van der Waals surface area contributed by atoms with Gasteiger partial charge in [0.1, 0.15) is 0 Å². The zero-order valence-electron chi connectivity index (χ0n) is 6.77. The molecular weight excluding hydrogens is 164 g/mol. The van der Waals surface area contributed by atoms with Gasteiger partial charge in [-0.2, -0.15) is 0 Å². The highest BCUT2D eigenvalue weighted by molar-refractivity contribution is 5.82. The van der Waals surface area contributed by atoms with Crippen molar-refractivity contribution in [3.8, 4) is 16.9 Å². The van der Waals surface area contributed by atoms with Crippen LogP contribution < -0.4 is 5.11 Å². The fourth-order valence-electron chi connectivity index (χ4n) is 1.32. The molecule has 0 aromatic rings. The van der Waals surface area contributed by atoms with Crippen molar-refractivity contribution >= 4 is 5.69 Å². The Labute approximate surface area is 75.2 Å². The number of fused-ring (bicyclic) bond motifs is 1. The maximum absolute atomic E-state index is 11.1. The van der Waals surface area contributed by atoms with Gasteiger partial charge in [-0.05, 0) is 11.6 Å². The predicted octanol–water partition coefficient (Wildman–Crippen LogP) is 2.35. The Morgan fingerprint density at radius 1 is 1.15 bits per heavy atom. The molecule has 0 radical (unpaired) electrons. The third kappa shape index (κ3) is 1.18. The first-order valence-corrected chi connectivity index (χ1v) is 3.86. The van der Waals surface area contributed by atoms with E-state index in [2.05, 4.69) is 4.98 Å². The summed E-state index contributed by atoms with van der Waals surface area (Å²) in [5.41, 5.74) is 2.01. The van der Waals surface area contributed by atoms with Crippen molar-refractivity contribution in [2.45, 2.75) is 0 Å². The van der Waals surface area contributed by atoms with Crippen molar-refractivity contribution in [1.82, 2.24) is 0 Å². The highest BCUT2D eigenvalue weighted by Crippen LogP contribution is 2.34. The van der Waals surface area contributed by atoms with Gasteiger partial charge in [0.15, 0.2) is 4.98 Å². The topological polar surface area (TPSA) is 51.2 Å². The molecule has 0 amide bonds. The maximum Gasteiger partial charge on any atom is 0.392 e. The molecule has 62 valence electrons. The molecule has 0 unspecified atom stereocenters. The first-order valence-electron chi connectivity index (χ1n) is 3.86. The Kier molecular flexibility index (Phi) is 1.60. The Morgan fingerprint density at radius 3 is 2.77 bits per heavy atom. The molecule has 13 heavy (non-hydrogen) atoms. The largest absolute Gasteiger partial charge is 0.872 e. The van der Waals surface area contributed by atoms with E-state index in [0.29, 0.717) is 11.3 Å². The SMILES string of the molecule is N#[N+]c1ccc2cccc([O-])cc1-2. The summed E-state index contributed by atoms with van der Waals surface area (Å²) >= 11 is 0. The lowest BCUT2D eigenvalue weighted by molar-refractivity contribution is -0.268. The van der Waals surface area contributed by atoms with E-state index in [4.69, 9.17) is 5.39 Å². The zero-order chi connectivity index (χ0) is 9.26. The van der Waals surface area contributed by atoms with Crippen LogP contribution >= 0.6 is 0 Å². The highest BCUT2D eigenvalue weighted by atomic mass is 16.3. The summed E-state index contributed by atoms with van der Waals surface area (Å²) in [7, 11) is 0. The molecule has 2 aliphatic rings. The summed E-state index contributed by atoms with van der Waals surface area (Å²) in [5, 5.41) is 19.7. The van der Waals surface area contributed by atoms with Crippen LogP contribution in [0.3, 0.4) is 0 Å². The molecule has 0 bridgehead atoms. The summed E-state index contributed by atoms with van der Waals surface area (Å²) < 4.78 is 0. The molecule has 3 nitrogen and oxygen atoms in total. The number of diazo groups is 1. The lowest BCUT2D eigenvalue weighted by Crippen LogP contribution is -1.84. The monoisotopic (exact) mass is 170 g/mol. The van der Waals surface area contributed by atoms with Gasteiger partial charge < -0.3 is 5.11 Å². The lowest BCUT2D eigenvalue weighted by Gasteiger charge is -1.97. The number of nitrogens with zero attached hydrogens (tertiary/aromatic N) is 2. The number of rotatable bonds is 0. The molecule has 2 aliphatic carbocycles. The van der Waals surface area contributed by atoms with Gasteiger partial charge >= 0.3 is 5.69 Å². The van der Waals surface area contributed by atoms with Gasteiger partial charge in [0.25, 0.3) is 0 Å². The normalized spacial score (nSPS) is 9.77. The van der Waals surface area contributed by atoms with Gasteiger partial charge in [0.05, 0.1) is 5.56 Å². The van der Waals surface area contributed by atoms with E-state index in [-0.39, 0.29) is 5.75 Å². The molecule has 2 rings (SSSR count). The quantitative estimate of drug-likeness (QED) is 0.570. The van der Waals surface area contributed by atoms with Gasteiger partial charge in [-0.25, -0.2) is 0 Å². The molecule has 0 spiro atoms. The summed E-state index contributed by atoms with van der Waals surface area (Å²) in [6.45, 7) is 0. The Bertz CT molecular complexity index is 459. The summed E-state index contributed by atoms with van der Waals surface area (Å²) in [6, 6.07) is 9.91. The zero-order valence-corrected chi connectivity index (χ0v) is 6.77. The molecule has 0 aromatic carbocycles. The summed E-state index contributed by atoms with van der Waals surface area (Å²) in [6.07, 6.45) is 0. The third-order valence-electron chi connectivity index (χ3n) is 1.94. The van der Waals surface area contributed by atoms with E-state index in [1.807, 2.05) is 12.1 Å². The van der Waals surface area contributed by atoms with Gasteiger partial charge in [-0.3, -0.25) is 0 Å². The third-order valence-corrected chi connectivity index (χ3v) is 1.94. The average molecular weight is 170 g/mol. The molecule has 3 heteroatoms. The lowest BCUT2D eigenvalue weighted by atomic mass is 10.2. The van der Waals surface area contributed by atoms with E-state index in [1.165, 1.54) is 12.1 Å². The molecular formula is C10H6N2O. The van der Waals surface area contributed by atoms with Crippen LogP contribution in [0.2, 0.25) is 0 Å². The minimum absolute atomic E-state index is 0.0916. The van der Waals surface area contributed by atoms with E-state index >= 15 is 0 Å². The van der Waals surface area contributed by atoms with Crippen LogP contribution in [0.25, 0.3) is 16.1 Å². The van der Waals surface area contributed by atoms with E-state index in [0.717, 1.165) is 5.56 Å². The minimum atomic E-state index is -0.0916. The smallest absolute Gasteiger partial charge is 0.392 e. The Hall–Kier alpha value is -2.08. The molecule has 0 atom stereocenters. The van der Waals surface area contributed by atoms with Crippen LogP contribution in [0, 0.1) is 5.39 Å². The Morgan fingerprint density at radius 2 is 2.00 bits per heavy atom. The van der Waals surface area contributed by atoms with E-state index in [1.54, 1.807) is 12.1 Å². The highest BCUT2D eigenvalue weighted by Gasteiger charge is 2.16. The first kappa shape index (κ1) is 7.56. The van der Waals surface area contributed by atoms with Crippen LogP contribution in [-0.4, -0.2) is 0 Å². The predicted molar refractivity (Wildman–Crippen MR) is 47.3 cm³/mol. The van der Waals surface area contributed by atoms with Crippen LogP contribution in [0.15, 0.2) is 36.4 Å². The second-order valence-electron chi connectivity index (χ2n) is 2.76. The second kappa shape index (κ2) is 2.76. The molecule has 0 N–H and O–H groups in total. The molecule has 0 heterocycles. The van der Waals surface area contributed by atoms with Crippen LogP contribution in [0.1, 0.15) is 0 Å². The fourth-order valence-corrected chi connectivity index (χ4v) is 1.32. The van der Waals surface area contributed by atoms with Gasteiger partial charge in [-0.1, -0.05) is 24.3 Å². The van der Waals surface area contributed by atoms with Crippen molar-refractivity contribution in [3.05, 3.63) is 41.4 Å². The Balaban J connectivity index is 2.77. The van der Waals surface area contributed by atoms with E-state index < -0.39 is 0 Å². The van der Waals surface area contributed by atoms with Crippen LogP contribution in [0.4, 0.5) is 5.69 Å². The standard InChI is InChI=1S/C10H6N2O/c11-12-10-5-4-7-2-1-3-8(13)6-9(7)10/h1-6H. The number of hydrogen-bond donors (Lipinski definition) is 0. The van der Waals surface area contributed by atoms with Gasteiger partial charge in [-0.15, -0.1) is 5.75 Å². The average Bonchev–Trinajstić information content (AvgIpc) is 2.39. The van der Waals surface area contributed by atoms with Gasteiger partial charge in [0, 0.05) is 6.07 Å². The van der Waals surface area contributed by atoms with Crippen molar-refractivity contribution in [2.75, 3.05) is 0 Å². The van der Waals surface area contributed by atoms with Crippen molar-refractivity contribution < 1.29 is 5.11 Å². The van der Waals surface area contributed by atoms with Crippen LogP contribution in [-0.2, 0) is 0 Å². The molecule has 0 saturated carbocycles.